The molecule has 0 atom stereocenters. The quantitative estimate of drug-likeness (QED) is 0.454. The molecule has 0 aliphatic heterocycles. The van der Waals surface area contributed by atoms with Gasteiger partial charge in [-0.05, 0) is 5.92 Å². The molecule has 1 N–H and O–H groups in total. The third-order valence-electron chi connectivity index (χ3n) is 0.832. The SMILES string of the molecule is CC(C)C[13C](=O)[13C](=O)O. The minimum Gasteiger partial charge on any atom is -0.476 e. The first-order chi connectivity index (χ1) is 4.04. The molecule has 0 heterocycles. The molecule has 9 heavy (non-hydrogen) atoms. The van der Waals surface area contributed by atoms with E-state index in [4.69, 9.17) is 5.11 Å². The fraction of sp³-hybridized carbons (Fsp3) is 0.667. The summed E-state index contributed by atoms with van der Waals surface area (Å²) in [6.07, 6.45) is 0.134. The summed E-state index contributed by atoms with van der Waals surface area (Å²) >= 11 is 0. The normalized spacial score (nSPS) is 9.67. The van der Waals surface area contributed by atoms with E-state index in [-0.39, 0.29) is 12.3 Å². The first-order valence-corrected chi connectivity index (χ1v) is 2.80. The third-order valence-corrected chi connectivity index (χ3v) is 0.832. The van der Waals surface area contributed by atoms with E-state index in [1.807, 2.05) is 0 Å². The van der Waals surface area contributed by atoms with Crippen LogP contribution in [0, 0.1) is 5.92 Å². The van der Waals surface area contributed by atoms with Crippen molar-refractivity contribution >= 4 is 11.8 Å². The predicted octanol–water partition coefficient (Wildman–Crippen LogP) is 0.686. The maximum Gasteiger partial charge on any atom is 0.372 e. The van der Waals surface area contributed by atoms with Gasteiger partial charge in [-0.2, -0.15) is 0 Å². The van der Waals surface area contributed by atoms with Crippen LogP contribution in [0.5, 0.6) is 0 Å². The molecule has 0 rings (SSSR count). The Labute approximate surface area is 53.7 Å². The minimum absolute atomic E-state index is 0.133. The number of carbonyl (C=O) groups is 2. The zero-order valence-electron chi connectivity index (χ0n) is 5.55. The molecule has 0 amide bonds. The fourth-order valence-electron chi connectivity index (χ4n) is 0.458. The molecule has 0 saturated carbocycles. The summed E-state index contributed by atoms with van der Waals surface area (Å²) < 4.78 is 0. The highest BCUT2D eigenvalue weighted by molar-refractivity contribution is 6.32. The molecule has 0 bridgehead atoms. The van der Waals surface area contributed by atoms with Crippen LogP contribution < -0.4 is 0 Å². The first kappa shape index (κ1) is 8.14. The Balaban J connectivity index is 3.65. The maximum atomic E-state index is 10.4. The van der Waals surface area contributed by atoms with Gasteiger partial charge in [0.15, 0.2) is 0 Å². The van der Waals surface area contributed by atoms with Gasteiger partial charge >= 0.3 is 5.97 Å². The molecule has 0 aliphatic rings. The van der Waals surface area contributed by atoms with E-state index < -0.39 is 11.8 Å². The van der Waals surface area contributed by atoms with E-state index in [0.717, 1.165) is 0 Å². The van der Waals surface area contributed by atoms with Gasteiger partial charge < -0.3 is 5.11 Å². The Bertz CT molecular complexity index is 126. The highest BCUT2D eigenvalue weighted by atomic mass is 16.5. The molecule has 0 aromatic heterocycles. The molecule has 0 unspecified atom stereocenters. The molecule has 0 fully saturated rings. The van der Waals surface area contributed by atoms with E-state index in [9.17, 15) is 9.59 Å². The number of Topliss-reactive ketones (excluding diaryl/α,β-unsaturated/α-hetero) is 1. The molecule has 0 aromatic carbocycles. The van der Waals surface area contributed by atoms with Crippen molar-refractivity contribution in [2.45, 2.75) is 20.3 Å². The predicted molar refractivity (Wildman–Crippen MR) is 32.1 cm³/mol. The van der Waals surface area contributed by atoms with Gasteiger partial charge in [0.1, 0.15) is 0 Å². The fourth-order valence-corrected chi connectivity index (χ4v) is 0.458. The smallest absolute Gasteiger partial charge is 0.372 e. The largest absolute Gasteiger partial charge is 0.476 e. The van der Waals surface area contributed by atoms with Gasteiger partial charge in [-0.3, -0.25) is 4.79 Å². The van der Waals surface area contributed by atoms with Crippen LogP contribution in [0.4, 0.5) is 0 Å². The summed E-state index contributed by atoms with van der Waals surface area (Å²) in [4.78, 5) is 20.2. The van der Waals surface area contributed by atoms with Crippen molar-refractivity contribution in [3.05, 3.63) is 0 Å². The van der Waals surface area contributed by atoms with Crippen molar-refractivity contribution in [2.75, 3.05) is 0 Å². The molecule has 3 nitrogen and oxygen atoms in total. The van der Waals surface area contributed by atoms with Crippen molar-refractivity contribution < 1.29 is 14.7 Å². The van der Waals surface area contributed by atoms with Crippen LogP contribution in [0.25, 0.3) is 0 Å². The second-order valence-electron chi connectivity index (χ2n) is 2.33. The van der Waals surface area contributed by atoms with Crippen LogP contribution in [0.2, 0.25) is 0 Å². The molecule has 52 valence electrons. The summed E-state index contributed by atoms with van der Waals surface area (Å²) in [7, 11) is 0. The van der Waals surface area contributed by atoms with Crippen LogP contribution >= 0.6 is 0 Å². The zero-order valence-corrected chi connectivity index (χ0v) is 5.55. The molecule has 0 spiro atoms. The van der Waals surface area contributed by atoms with E-state index in [1.165, 1.54) is 0 Å². The van der Waals surface area contributed by atoms with Crippen LogP contribution in [0.3, 0.4) is 0 Å². The van der Waals surface area contributed by atoms with Crippen molar-refractivity contribution in [1.29, 1.82) is 0 Å². The lowest BCUT2D eigenvalue weighted by Gasteiger charge is -1.97. The van der Waals surface area contributed by atoms with Crippen molar-refractivity contribution in [1.82, 2.24) is 0 Å². The number of rotatable bonds is 3. The molecule has 0 aliphatic carbocycles. The standard InChI is InChI=1S/C6H10O3/c1-4(2)3-5(7)6(8)9/h4H,3H2,1-2H3,(H,8,9)/i5+1,6+1. The minimum atomic E-state index is -1.33. The van der Waals surface area contributed by atoms with E-state index in [0.29, 0.717) is 0 Å². The van der Waals surface area contributed by atoms with E-state index in [1.54, 1.807) is 13.8 Å². The van der Waals surface area contributed by atoms with E-state index in [2.05, 4.69) is 0 Å². The number of hydrogen-bond donors (Lipinski definition) is 1. The summed E-state index contributed by atoms with van der Waals surface area (Å²) in [6, 6.07) is 0. The Hall–Kier alpha value is -0.860. The van der Waals surface area contributed by atoms with Crippen molar-refractivity contribution in [3.8, 4) is 0 Å². The second kappa shape index (κ2) is 3.22. The monoisotopic (exact) mass is 132 g/mol. The Kier molecular flexibility index (Phi) is 2.91. The summed E-state index contributed by atoms with van der Waals surface area (Å²) in [6.45, 7) is 3.61. The highest BCUT2D eigenvalue weighted by Gasteiger charge is 2.11. The van der Waals surface area contributed by atoms with Gasteiger partial charge in [-0.15, -0.1) is 0 Å². The van der Waals surface area contributed by atoms with Gasteiger partial charge in [0.25, 0.3) is 0 Å². The summed E-state index contributed by atoms with van der Waals surface area (Å²) in [5, 5.41) is 8.08. The van der Waals surface area contributed by atoms with Crippen LogP contribution in [0.1, 0.15) is 20.3 Å². The van der Waals surface area contributed by atoms with Crippen LogP contribution in [-0.2, 0) is 9.59 Å². The number of carbonyl (C=O) groups excluding carboxylic acids is 1. The number of carboxylic acid groups (broad SMARTS) is 1. The van der Waals surface area contributed by atoms with Gasteiger partial charge in [-0.1, -0.05) is 13.8 Å². The number of carboxylic acids is 1. The highest BCUT2D eigenvalue weighted by Crippen LogP contribution is 1.99. The number of aliphatic carboxylic acids is 1. The van der Waals surface area contributed by atoms with Gasteiger partial charge in [0, 0.05) is 6.42 Å². The Morgan fingerprint density at radius 2 is 1.89 bits per heavy atom. The lowest BCUT2D eigenvalue weighted by atomic mass is 10.2. The maximum absolute atomic E-state index is 10.4. The Morgan fingerprint density at radius 3 is 2.00 bits per heavy atom. The molecular formula is C6H10O3. The summed E-state index contributed by atoms with van der Waals surface area (Å²) in [5.41, 5.74) is 0. The van der Waals surface area contributed by atoms with Gasteiger partial charge in [0.2, 0.25) is 5.78 Å². The zero-order chi connectivity index (χ0) is 7.44. The van der Waals surface area contributed by atoms with E-state index >= 15 is 0 Å². The Morgan fingerprint density at radius 1 is 1.44 bits per heavy atom. The van der Waals surface area contributed by atoms with Gasteiger partial charge in [-0.25, -0.2) is 4.79 Å². The van der Waals surface area contributed by atoms with Crippen LogP contribution in [0.15, 0.2) is 0 Å². The average molecular weight is 132 g/mol. The first-order valence-electron chi connectivity index (χ1n) is 2.80. The molecule has 0 aromatic rings. The molecule has 0 saturated heterocycles. The lowest BCUT2D eigenvalue weighted by molar-refractivity contribution is -0.149. The number of hydrogen-bond acceptors (Lipinski definition) is 2. The lowest BCUT2D eigenvalue weighted by Crippen LogP contribution is -2.14. The van der Waals surface area contributed by atoms with Gasteiger partial charge in [0.05, 0.1) is 0 Å². The van der Waals surface area contributed by atoms with Crippen molar-refractivity contribution in [2.24, 2.45) is 5.92 Å². The molecule has 0 radical (unpaired) electrons. The third kappa shape index (κ3) is 3.70. The second-order valence-corrected chi connectivity index (χ2v) is 2.33. The molecule has 3 heteroatoms. The topological polar surface area (TPSA) is 54.4 Å². The average Bonchev–Trinajstić information content (AvgIpc) is 1.63. The van der Waals surface area contributed by atoms with Crippen molar-refractivity contribution in [3.63, 3.8) is 0 Å². The van der Waals surface area contributed by atoms with Crippen LogP contribution in [-0.4, -0.2) is 16.9 Å². The summed E-state index contributed by atoms with van der Waals surface area (Å²) in [5.74, 6) is -1.90. The number of ketones is 1. The molecular weight excluding hydrogens is 122 g/mol.